The smallest absolute Gasteiger partial charge is 0.462 e. The van der Waals surface area contributed by atoms with Gasteiger partial charge in [0.2, 0.25) is 0 Å². The lowest BCUT2D eigenvalue weighted by Gasteiger charge is -2.21. The molecule has 3 unspecified atom stereocenters. The first kappa shape index (κ1) is 67.4. The predicted molar refractivity (Wildman–Crippen MR) is 289 cm³/mol. The van der Waals surface area contributed by atoms with Crippen molar-refractivity contribution >= 4 is 25.7 Å². The van der Waals surface area contributed by atoms with Crippen molar-refractivity contribution in [1.82, 2.24) is 0 Å². The summed E-state index contributed by atoms with van der Waals surface area (Å²) in [4.78, 5) is 48.5. The molecule has 0 heterocycles. The number of ether oxygens (including phenoxy) is 3. The minimum atomic E-state index is -4.74. The molecule has 0 aromatic carbocycles. The number of rotatable bonds is 53. The Labute approximate surface area is 428 Å². The van der Waals surface area contributed by atoms with Crippen molar-refractivity contribution in [3.63, 3.8) is 0 Å². The Bertz CT molecular complexity index is 1360. The van der Waals surface area contributed by atoms with E-state index >= 15 is 0 Å². The van der Waals surface area contributed by atoms with E-state index in [1.807, 2.05) is 0 Å². The van der Waals surface area contributed by atoms with E-state index < -0.39 is 57.8 Å². The molecule has 70 heavy (non-hydrogen) atoms. The number of hydrogen-bond acceptors (Lipinski definition) is 10. The molecule has 0 amide bonds. The molecule has 11 nitrogen and oxygen atoms in total. The zero-order valence-electron chi connectivity index (χ0n) is 45.0. The molecule has 0 aliphatic carbocycles. The molecule has 0 saturated carbocycles. The van der Waals surface area contributed by atoms with Gasteiger partial charge in [-0.3, -0.25) is 23.4 Å². The second kappa shape index (κ2) is 52.8. The normalized spacial score (nSPS) is 13.7. The minimum Gasteiger partial charge on any atom is -0.462 e. The molecule has 0 aliphatic rings. The van der Waals surface area contributed by atoms with E-state index in [0.717, 1.165) is 109 Å². The SMILES string of the molecule is CC/C=C\C/C=C\C/C=C\CCCCCCCCCC(=O)OCC(COP(=O)(O)OCC(CO)OC(=O)CCCCCCCCCCCCC)OC(=O)CCCCCCC/C=C\CCCCCCCC. The molecule has 12 heteroatoms. The number of esters is 3. The Morgan fingerprint density at radius 1 is 0.414 bits per heavy atom. The van der Waals surface area contributed by atoms with Crippen LogP contribution in [0.25, 0.3) is 0 Å². The maximum Gasteiger partial charge on any atom is 0.472 e. The van der Waals surface area contributed by atoms with Crippen LogP contribution in [0.1, 0.15) is 265 Å². The Kier molecular flexibility index (Phi) is 50.8. The molecular formula is C58H105O11P. The number of carbonyl (C=O) groups excluding carboxylic acids is 3. The molecule has 2 N–H and O–H groups in total. The van der Waals surface area contributed by atoms with Crippen LogP contribution < -0.4 is 0 Å². The largest absolute Gasteiger partial charge is 0.472 e. The van der Waals surface area contributed by atoms with E-state index in [2.05, 4.69) is 69.4 Å². The van der Waals surface area contributed by atoms with Gasteiger partial charge < -0.3 is 24.2 Å². The highest BCUT2D eigenvalue weighted by atomic mass is 31.2. The van der Waals surface area contributed by atoms with Gasteiger partial charge in [-0.05, 0) is 77.0 Å². The Hall–Kier alpha value is -2.56. The number of hydrogen-bond donors (Lipinski definition) is 2. The van der Waals surface area contributed by atoms with Gasteiger partial charge in [-0.1, -0.05) is 217 Å². The first-order valence-electron chi connectivity index (χ1n) is 28.5. The fourth-order valence-corrected chi connectivity index (χ4v) is 8.68. The van der Waals surface area contributed by atoms with Crippen LogP contribution in [0, 0.1) is 0 Å². The molecular weight excluding hydrogens is 904 g/mol. The molecule has 408 valence electrons. The van der Waals surface area contributed by atoms with E-state index in [1.165, 1.54) is 96.3 Å². The van der Waals surface area contributed by atoms with Crippen molar-refractivity contribution in [1.29, 1.82) is 0 Å². The average Bonchev–Trinajstić information content (AvgIpc) is 3.35. The molecule has 0 aromatic rings. The van der Waals surface area contributed by atoms with Crippen molar-refractivity contribution in [2.24, 2.45) is 0 Å². The summed E-state index contributed by atoms with van der Waals surface area (Å²) in [7, 11) is -4.74. The highest BCUT2D eigenvalue weighted by Crippen LogP contribution is 2.43. The Balaban J connectivity index is 4.73. The van der Waals surface area contributed by atoms with Crippen molar-refractivity contribution in [2.75, 3.05) is 26.4 Å². The predicted octanol–water partition coefficient (Wildman–Crippen LogP) is 16.6. The van der Waals surface area contributed by atoms with Gasteiger partial charge in [0.1, 0.15) is 12.7 Å². The number of unbranched alkanes of at least 4 members (excludes halogenated alkanes) is 28. The van der Waals surface area contributed by atoms with Crippen molar-refractivity contribution in [3.05, 3.63) is 48.6 Å². The molecule has 0 aromatic heterocycles. The van der Waals surface area contributed by atoms with Gasteiger partial charge in [-0.25, -0.2) is 4.57 Å². The Morgan fingerprint density at radius 2 is 0.743 bits per heavy atom. The lowest BCUT2D eigenvalue weighted by atomic mass is 10.1. The second-order valence-electron chi connectivity index (χ2n) is 19.1. The molecule has 0 saturated heterocycles. The molecule has 0 bridgehead atoms. The summed E-state index contributed by atoms with van der Waals surface area (Å²) in [6.45, 7) is 4.52. The average molecular weight is 1010 g/mol. The fraction of sp³-hybridized carbons (Fsp3) is 0.810. The van der Waals surface area contributed by atoms with Gasteiger partial charge in [0.05, 0.1) is 19.8 Å². The van der Waals surface area contributed by atoms with Crippen LogP contribution in [0.2, 0.25) is 0 Å². The summed E-state index contributed by atoms with van der Waals surface area (Å²) in [5.74, 6) is -1.47. The van der Waals surface area contributed by atoms with Crippen molar-refractivity contribution < 1.29 is 52.2 Å². The highest BCUT2D eigenvalue weighted by Gasteiger charge is 2.28. The number of aliphatic hydroxyl groups is 1. The lowest BCUT2D eigenvalue weighted by Crippen LogP contribution is -2.30. The monoisotopic (exact) mass is 1010 g/mol. The first-order valence-corrected chi connectivity index (χ1v) is 30.0. The van der Waals surface area contributed by atoms with Gasteiger partial charge in [0.25, 0.3) is 0 Å². The fourth-order valence-electron chi connectivity index (χ4n) is 7.90. The molecule has 0 radical (unpaired) electrons. The van der Waals surface area contributed by atoms with Gasteiger partial charge >= 0.3 is 25.7 Å². The third-order valence-electron chi connectivity index (χ3n) is 12.2. The number of phosphoric ester groups is 1. The maximum absolute atomic E-state index is 12.9. The van der Waals surface area contributed by atoms with Crippen LogP contribution in [0.15, 0.2) is 48.6 Å². The number of aliphatic hydroxyl groups excluding tert-OH is 1. The van der Waals surface area contributed by atoms with Crippen molar-refractivity contribution in [2.45, 2.75) is 277 Å². The maximum atomic E-state index is 12.9. The molecule has 3 atom stereocenters. The van der Waals surface area contributed by atoms with E-state index in [9.17, 15) is 28.9 Å². The van der Waals surface area contributed by atoms with Crippen LogP contribution in [-0.4, -0.2) is 66.5 Å². The third-order valence-corrected chi connectivity index (χ3v) is 13.2. The molecule has 0 fully saturated rings. The summed E-state index contributed by atoms with van der Waals surface area (Å²) >= 11 is 0. The standard InChI is InChI=1S/C58H105O11P/c1-4-7-10-13-16-19-22-24-26-27-29-30-33-35-38-41-44-47-56(60)65-51-55(69-58(62)49-46-43-40-37-34-31-28-25-23-20-17-14-11-8-5-2)53-67-70(63,64)66-52-54(50-59)68-57(61)48-45-42-39-36-32-21-18-15-12-9-6-3/h7,10,16,19,24-26,28,54-55,59H,4-6,8-9,11-15,17-18,20-23,27,29-53H2,1-3H3,(H,63,64)/b10-7-,19-16-,26-24-,28-25-. The van der Waals surface area contributed by atoms with Gasteiger partial charge in [-0.15, -0.1) is 0 Å². The zero-order valence-corrected chi connectivity index (χ0v) is 45.9. The van der Waals surface area contributed by atoms with Gasteiger partial charge in [0, 0.05) is 19.3 Å². The lowest BCUT2D eigenvalue weighted by molar-refractivity contribution is -0.161. The summed E-state index contributed by atoms with van der Waals surface area (Å²) in [5.41, 5.74) is 0. The quantitative estimate of drug-likeness (QED) is 0.0197. The third kappa shape index (κ3) is 50.4. The second-order valence-corrected chi connectivity index (χ2v) is 20.5. The van der Waals surface area contributed by atoms with Crippen LogP contribution in [0.3, 0.4) is 0 Å². The highest BCUT2D eigenvalue weighted by molar-refractivity contribution is 7.47. The summed E-state index contributed by atoms with van der Waals surface area (Å²) in [5, 5.41) is 9.79. The minimum absolute atomic E-state index is 0.157. The van der Waals surface area contributed by atoms with E-state index in [1.54, 1.807) is 0 Å². The molecule has 0 spiro atoms. The van der Waals surface area contributed by atoms with Crippen LogP contribution >= 0.6 is 7.82 Å². The van der Waals surface area contributed by atoms with Crippen LogP contribution in [-0.2, 0) is 42.2 Å². The molecule has 0 rings (SSSR count). The van der Waals surface area contributed by atoms with E-state index in [-0.39, 0.29) is 25.9 Å². The molecule has 0 aliphatic heterocycles. The first-order chi connectivity index (χ1) is 34.2. The van der Waals surface area contributed by atoms with Crippen molar-refractivity contribution in [3.8, 4) is 0 Å². The zero-order chi connectivity index (χ0) is 51.3. The summed E-state index contributed by atoms with van der Waals surface area (Å²) in [6, 6.07) is 0. The van der Waals surface area contributed by atoms with E-state index in [0.29, 0.717) is 19.3 Å². The summed E-state index contributed by atoms with van der Waals surface area (Å²) in [6.07, 6.45) is 55.0. The van der Waals surface area contributed by atoms with Crippen LogP contribution in [0.4, 0.5) is 0 Å². The van der Waals surface area contributed by atoms with Gasteiger partial charge in [-0.2, -0.15) is 0 Å². The summed E-state index contributed by atoms with van der Waals surface area (Å²) < 4.78 is 39.5. The Morgan fingerprint density at radius 3 is 1.16 bits per heavy atom. The number of phosphoric acid groups is 1. The van der Waals surface area contributed by atoms with Gasteiger partial charge in [0.15, 0.2) is 6.10 Å². The number of carbonyl (C=O) groups is 3. The number of allylic oxidation sites excluding steroid dienone is 8. The van der Waals surface area contributed by atoms with E-state index in [4.69, 9.17) is 23.3 Å². The van der Waals surface area contributed by atoms with Crippen LogP contribution in [0.5, 0.6) is 0 Å². The topological polar surface area (TPSA) is 155 Å².